The first kappa shape index (κ1) is 18.0. The first-order valence-corrected chi connectivity index (χ1v) is 10.1. The number of carbonyl (C=O) groups is 2. The number of esters is 1. The maximum absolute atomic E-state index is 12.8. The van der Waals surface area contributed by atoms with Gasteiger partial charge in [-0.3, -0.25) is 4.79 Å². The van der Waals surface area contributed by atoms with Crippen LogP contribution in [0.4, 0.5) is 0 Å². The summed E-state index contributed by atoms with van der Waals surface area (Å²) in [4.78, 5) is 28.7. The van der Waals surface area contributed by atoms with Crippen molar-refractivity contribution in [1.29, 1.82) is 0 Å². The molecule has 1 aromatic carbocycles. The van der Waals surface area contributed by atoms with E-state index in [1.54, 1.807) is 0 Å². The van der Waals surface area contributed by atoms with Gasteiger partial charge < -0.3 is 9.72 Å². The van der Waals surface area contributed by atoms with Crippen LogP contribution in [-0.4, -0.2) is 22.8 Å². The summed E-state index contributed by atoms with van der Waals surface area (Å²) < 4.78 is 5.65. The predicted octanol–water partition coefficient (Wildman–Crippen LogP) is 4.90. The largest absolute Gasteiger partial charge is 0.458 e. The van der Waals surface area contributed by atoms with Crippen LogP contribution < -0.4 is 0 Å². The molecule has 0 amide bonds. The Kier molecular flexibility index (Phi) is 4.90. The van der Waals surface area contributed by atoms with E-state index in [9.17, 15) is 9.59 Å². The van der Waals surface area contributed by atoms with Crippen molar-refractivity contribution in [3.63, 3.8) is 0 Å². The fourth-order valence-electron chi connectivity index (χ4n) is 4.52. The van der Waals surface area contributed by atoms with Crippen LogP contribution in [0.15, 0.2) is 24.3 Å². The van der Waals surface area contributed by atoms with Crippen LogP contribution in [0.5, 0.6) is 0 Å². The van der Waals surface area contributed by atoms with E-state index in [0.717, 1.165) is 49.8 Å². The van der Waals surface area contributed by atoms with Gasteiger partial charge in [0.15, 0.2) is 5.78 Å². The first-order chi connectivity index (χ1) is 13.1. The van der Waals surface area contributed by atoms with Gasteiger partial charge in [-0.25, -0.2) is 4.79 Å². The second kappa shape index (κ2) is 7.34. The molecule has 142 valence electrons. The van der Waals surface area contributed by atoms with Crippen molar-refractivity contribution in [2.45, 2.75) is 70.8 Å². The lowest BCUT2D eigenvalue weighted by molar-refractivity contribution is 0.0310. The van der Waals surface area contributed by atoms with Gasteiger partial charge in [-0.05, 0) is 68.1 Å². The molecule has 0 bridgehead atoms. The zero-order valence-electron chi connectivity index (χ0n) is 16.1. The molecule has 4 rings (SSSR count). The highest BCUT2D eigenvalue weighted by Crippen LogP contribution is 2.35. The van der Waals surface area contributed by atoms with Gasteiger partial charge in [-0.15, -0.1) is 0 Å². The molecule has 2 aromatic rings. The number of ketones is 1. The Bertz CT molecular complexity index is 856. The monoisotopic (exact) mass is 365 g/mol. The minimum Gasteiger partial charge on any atom is -0.458 e. The number of hydrogen-bond acceptors (Lipinski definition) is 3. The minimum atomic E-state index is -0.314. The fraction of sp³-hybridized carbons (Fsp3) is 0.478. The van der Waals surface area contributed by atoms with Crippen LogP contribution in [0, 0.1) is 6.92 Å². The van der Waals surface area contributed by atoms with Gasteiger partial charge >= 0.3 is 5.97 Å². The number of aryl methyl sites for hydroxylation is 1. The van der Waals surface area contributed by atoms with Crippen molar-refractivity contribution in [1.82, 2.24) is 4.98 Å². The molecule has 1 N–H and O–H groups in total. The first-order valence-electron chi connectivity index (χ1n) is 10.1. The van der Waals surface area contributed by atoms with Crippen molar-refractivity contribution in [3.8, 4) is 0 Å². The Hall–Kier alpha value is -2.36. The van der Waals surface area contributed by atoms with Gasteiger partial charge in [0.1, 0.15) is 11.8 Å². The van der Waals surface area contributed by atoms with Crippen molar-refractivity contribution >= 4 is 11.8 Å². The molecular formula is C23H27NO3. The maximum Gasteiger partial charge on any atom is 0.355 e. The third-order valence-corrected chi connectivity index (χ3v) is 6.13. The Balaban J connectivity index is 1.57. The van der Waals surface area contributed by atoms with E-state index in [2.05, 4.69) is 36.2 Å². The van der Waals surface area contributed by atoms with E-state index in [-0.39, 0.29) is 23.8 Å². The second-order valence-corrected chi connectivity index (χ2v) is 7.91. The van der Waals surface area contributed by atoms with Gasteiger partial charge in [0.25, 0.3) is 0 Å². The summed E-state index contributed by atoms with van der Waals surface area (Å²) in [6, 6.07) is 8.54. The minimum absolute atomic E-state index is 0.0257. The number of aromatic nitrogens is 1. The normalized spacial score (nSPS) is 19.9. The molecule has 27 heavy (non-hydrogen) atoms. The summed E-state index contributed by atoms with van der Waals surface area (Å²) in [6.07, 6.45) is 6.41. The third kappa shape index (κ3) is 3.45. The molecule has 4 heteroatoms. The molecule has 4 nitrogen and oxygen atoms in total. The van der Waals surface area contributed by atoms with Crippen LogP contribution >= 0.6 is 0 Å². The van der Waals surface area contributed by atoms with Gasteiger partial charge in [-0.2, -0.15) is 0 Å². The zero-order valence-corrected chi connectivity index (χ0v) is 16.1. The standard InChI is InChI=1S/C23H27NO3/c1-3-15-8-10-16(11-9-15)17-12-19-21(20(25)13-17)14(2)22(24-19)23(26)27-18-6-4-5-7-18/h8-11,17-18,24H,3-7,12-13H2,1-2H3/t17-/m1/s1. The molecule has 1 fully saturated rings. The summed E-state index contributed by atoms with van der Waals surface area (Å²) in [7, 11) is 0. The van der Waals surface area contributed by atoms with E-state index in [0.29, 0.717) is 17.7 Å². The number of rotatable bonds is 4. The summed E-state index contributed by atoms with van der Waals surface area (Å²) in [5.41, 5.74) is 5.28. The quantitative estimate of drug-likeness (QED) is 0.784. The Morgan fingerprint density at radius 1 is 1.15 bits per heavy atom. The number of nitrogens with one attached hydrogen (secondary N) is 1. The van der Waals surface area contributed by atoms with Crippen LogP contribution in [0.3, 0.4) is 0 Å². The Morgan fingerprint density at radius 2 is 1.85 bits per heavy atom. The Labute approximate surface area is 160 Å². The second-order valence-electron chi connectivity index (χ2n) is 7.91. The molecule has 0 spiro atoms. The number of fused-ring (bicyclic) bond motifs is 1. The SMILES string of the molecule is CCc1ccc([C@H]2CC(=O)c3c([nH]c(C(=O)OC4CCCC4)c3C)C2)cc1. The number of aromatic amines is 1. The van der Waals surface area contributed by atoms with Crippen LogP contribution in [-0.2, 0) is 17.6 Å². The van der Waals surface area contributed by atoms with Gasteiger partial charge in [0.05, 0.1) is 0 Å². The predicted molar refractivity (Wildman–Crippen MR) is 104 cm³/mol. The average Bonchev–Trinajstić information content (AvgIpc) is 3.29. The number of carbonyl (C=O) groups excluding carboxylic acids is 2. The van der Waals surface area contributed by atoms with Crippen molar-refractivity contribution in [3.05, 3.63) is 57.9 Å². The van der Waals surface area contributed by atoms with Crippen LogP contribution in [0.25, 0.3) is 0 Å². The van der Waals surface area contributed by atoms with E-state index in [1.165, 1.54) is 11.1 Å². The molecule has 0 aliphatic heterocycles. The van der Waals surface area contributed by atoms with Crippen LogP contribution in [0.1, 0.15) is 88.2 Å². The summed E-state index contributed by atoms with van der Waals surface area (Å²) in [5.74, 6) is -0.0346. The number of benzene rings is 1. The lowest BCUT2D eigenvalue weighted by Gasteiger charge is -2.22. The molecular weight excluding hydrogens is 338 g/mol. The lowest BCUT2D eigenvalue weighted by atomic mass is 9.81. The number of H-pyrrole nitrogens is 1. The third-order valence-electron chi connectivity index (χ3n) is 6.13. The molecule has 1 atom stereocenters. The van der Waals surface area contributed by atoms with Crippen molar-refractivity contribution in [2.24, 2.45) is 0 Å². The zero-order chi connectivity index (χ0) is 19.0. The topological polar surface area (TPSA) is 59.2 Å². The fourth-order valence-corrected chi connectivity index (χ4v) is 4.52. The number of hydrogen-bond donors (Lipinski definition) is 1. The molecule has 2 aliphatic carbocycles. The van der Waals surface area contributed by atoms with Crippen LogP contribution in [0.2, 0.25) is 0 Å². The summed E-state index contributed by atoms with van der Waals surface area (Å²) >= 11 is 0. The molecule has 2 aliphatic rings. The average molecular weight is 365 g/mol. The van der Waals surface area contributed by atoms with Gasteiger partial charge in [0, 0.05) is 17.7 Å². The highest BCUT2D eigenvalue weighted by molar-refractivity contribution is 6.03. The van der Waals surface area contributed by atoms with E-state index < -0.39 is 0 Å². The molecule has 0 saturated heterocycles. The molecule has 1 heterocycles. The highest BCUT2D eigenvalue weighted by Gasteiger charge is 2.33. The molecule has 0 radical (unpaired) electrons. The number of ether oxygens (including phenoxy) is 1. The number of Topliss-reactive ketones (excluding diaryl/α,β-unsaturated/α-hetero) is 1. The molecule has 1 saturated carbocycles. The molecule has 1 aromatic heterocycles. The smallest absolute Gasteiger partial charge is 0.355 e. The van der Waals surface area contributed by atoms with E-state index >= 15 is 0 Å². The summed E-state index contributed by atoms with van der Waals surface area (Å²) in [6.45, 7) is 3.99. The summed E-state index contributed by atoms with van der Waals surface area (Å²) in [5, 5.41) is 0. The van der Waals surface area contributed by atoms with Crippen molar-refractivity contribution < 1.29 is 14.3 Å². The lowest BCUT2D eigenvalue weighted by Crippen LogP contribution is -2.18. The highest BCUT2D eigenvalue weighted by atomic mass is 16.5. The van der Waals surface area contributed by atoms with Crippen molar-refractivity contribution in [2.75, 3.05) is 0 Å². The van der Waals surface area contributed by atoms with E-state index in [1.807, 2.05) is 6.92 Å². The van der Waals surface area contributed by atoms with E-state index in [4.69, 9.17) is 4.74 Å². The maximum atomic E-state index is 12.8. The Morgan fingerprint density at radius 3 is 2.52 bits per heavy atom. The van der Waals surface area contributed by atoms with Gasteiger partial charge in [-0.1, -0.05) is 31.2 Å². The van der Waals surface area contributed by atoms with Gasteiger partial charge in [0.2, 0.25) is 0 Å². The molecule has 0 unspecified atom stereocenters.